The standard InChI is InChI=1S/C20H26N6O2/c1-24(2)20-22-18(28-23-20)9-10-19(27)25-11-5-6-15(12-25)13-26-14-21-16-7-3-4-8-17(16)26/h3-4,7-8,14-15H,5-6,9-13H2,1-2H3. The van der Waals surface area contributed by atoms with E-state index in [0.29, 0.717) is 30.6 Å². The fraction of sp³-hybridized carbons (Fsp3) is 0.500. The molecule has 8 nitrogen and oxygen atoms in total. The van der Waals surface area contributed by atoms with Crippen LogP contribution in [0.3, 0.4) is 0 Å². The van der Waals surface area contributed by atoms with Crippen LogP contribution in [0.25, 0.3) is 11.0 Å². The zero-order valence-electron chi connectivity index (χ0n) is 16.4. The molecule has 1 aliphatic heterocycles. The van der Waals surface area contributed by atoms with E-state index in [2.05, 4.69) is 25.8 Å². The number of hydrogen-bond acceptors (Lipinski definition) is 6. The first-order valence-corrected chi connectivity index (χ1v) is 9.77. The Morgan fingerprint density at radius 1 is 1.32 bits per heavy atom. The third-order valence-electron chi connectivity index (χ3n) is 5.26. The largest absolute Gasteiger partial charge is 0.344 e. The van der Waals surface area contributed by atoms with E-state index in [-0.39, 0.29) is 5.91 Å². The lowest BCUT2D eigenvalue weighted by Crippen LogP contribution is -2.41. The molecule has 1 unspecified atom stereocenters. The van der Waals surface area contributed by atoms with Gasteiger partial charge in [0, 0.05) is 46.6 Å². The molecule has 0 spiro atoms. The van der Waals surface area contributed by atoms with Gasteiger partial charge in [0.05, 0.1) is 17.4 Å². The Morgan fingerprint density at radius 2 is 2.18 bits per heavy atom. The quantitative estimate of drug-likeness (QED) is 0.651. The number of fused-ring (bicyclic) bond motifs is 1. The number of piperidine rings is 1. The average Bonchev–Trinajstić information content (AvgIpc) is 3.34. The van der Waals surface area contributed by atoms with Crippen LogP contribution in [0.15, 0.2) is 35.1 Å². The average molecular weight is 382 g/mol. The predicted octanol–water partition coefficient (Wildman–Crippen LogP) is 2.36. The van der Waals surface area contributed by atoms with Crippen LogP contribution < -0.4 is 4.90 Å². The van der Waals surface area contributed by atoms with Crippen LogP contribution in [0.1, 0.15) is 25.2 Å². The Balaban J connectivity index is 1.33. The SMILES string of the molecule is CN(C)c1noc(CCC(=O)N2CCCC(Cn3cnc4ccccc43)C2)n1. The molecule has 1 aromatic carbocycles. The predicted molar refractivity (Wildman–Crippen MR) is 106 cm³/mol. The van der Waals surface area contributed by atoms with Gasteiger partial charge in [0.1, 0.15) is 0 Å². The van der Waals surface area contributed by atoms with E-state index in [1.165, 1.54) is 0 Å². The normalized spacial score (nSPS) is 17.2. The van der Waals surface area contributed by atoms with Gasteiger partial charge in [-0.25, -0.2) is 4.98 Å². The van der Waals surface area contributed by atoms with E-state index in [0.717, 1.165) is 43.5 Å². The highest BCUT2D eigenvalue weighted by molar-refractivity contribution is 5.76. The first kappa shape index (κ1) is 18.5. The molecule has 0 aliphatic carbocycles. The number of carbonyl (C=O) groups is 1. The molecule has 1 saturated heterocycles. The molecule has 148 valence electrons. The molecule has 1 fully saturated rings. The van der Waals surface area contributed by atoms with Gasteiger partial charge in [-0.15, -0.1) is 0 Å². The summed E-state index contributed by atoms with van der Waals surface area (Å²) in [7, 11) is 3.72. The van der Waals surface area contributed by atoms with Crippen LogP contribution >= 0.6 is 0 Å². The van der Waals surface area contributed by atoms with Crippen molar-refractivity contribution in [3.05, 3.63) is 36.5 Å². The lowest BCUT2D eigenvalue weighted by atomic mass is 9.97. The summed E-state index contributed by atoms with van der Waals surface area (Å²) in [4.78, 5) is 25.2. The molecule has 1 amide bonds. The second-order valence-corrected chi connectivity index (χ2v) is 7.62. The number of aromatic nitrogens is 4. The van der Waals surface area contributed by atoms with E-state index in [9.17, 15) is 4.79 Å². The molecular weight excluding hydrogens is 356 g/mol. The summed E-state index contributed by atoms with van der Waals surface area (Å²) in [6.07, 6.45) is 4.95. The van der Waals surface area contributed by atoms with Crippen LogP contribution in [0.5, 0.6) is 0 Å². The summed E-state index contributed by atoms with van der Waals surface area (Å²) in [6.45, 7) is 2.51. The lowest BCUT2D eigenvalue weighted by Gasteiger charge is -2.33. The van der Waals surface area contributed by atoms with E-state index in [4.69, 9.17) is 4.52 Å². The number of nitrogens with zero attached hydrogens (tertiary/aromatic N) is 6. The van der Waals surface area contributed by atoms with Gasteiger partial charge >= 0.3 is 0 Å². The van der Waals surface area contributed by atoms with Crippen molar-refractivity contribution in [2.24, 2.45) is 5.92 Å². The smallest absolute Gasteiger partial charge is 0.265 e. The van der Waals surface area contributed by atoms with Gasteiger partial charge in [0.25, 0.3) is 5.95 Å². The minimum atomic E-state index is 0.157. The Bertz CT molecular complexity index is 947. The van der Waals surface area contributed by atoms with Crippen LogP contribution in [0, 0.1) is 5.92 Å². The first-order valence-electron chi connectivity index (χ1n) is 9.77. The Labute approximate surface area is 164 Å². The molecule has 1 aliphatic rings. The number of imidazole rings is 1. The minimum Gasteiger partial charge on any atom is -0.344 e. The minimum absolute atomic E-state index is 0.157. The van der Waals surface area contributed by atoms with Crippen LogP contribution in [0.4, 0.5) is 5.95 Å². The summed E-state index contributed by atoms with van der Waals surface area (Å²) in [5.41, 5.74) is 2.17. The summed E-state index contributed by atoms with van der Waals surface area (Å²) < 4.78 is 7.42. The second-order valence-electron chi connectivity index (χ2n) is 7.62. The molecule has 8 heteroatoms. The zero-order chi connectivity index (χ0) is 19.5. The maximum atomic E-state index is 12.7. The van der Waals surface area contributed by atoms with Crippen molar-refractivity contribution < 1.29 is 9.32 Å². The van der Waals surface area contributed by atoms with Gasteiger partial charge in [0.15, 0.2) is 0 Å². The van der Waals surface area contributed by atoms with E-state index >= 15 is 0 Å². The summed E-state index contributed by atoms with van der Waals surface area (Å²) in [5.74, 6) is 1.65. The summed E-state index contributed by atoms with van der Waals surface area (Å²) in [6, 6.07) is 8.17. The van der Waals surface area contributed by atoms with E-state index in [1.54, 1.807) is 4.90 Å². The molecule has 2 aromatic heterocycles. The van der Waals surface area contributed by atoms with Gasteiger partial charge in [-0.2, -0.15) is 4.98 Å². The van der Waals surface area contributed by atoms with Gasteiger partial charge in [-0.1, -0.05) is 12.1 Å². The number of aryl methyl sites for hydroxylation is 1. The Morgan fingerprint density at radius 3 is 3.00 bits per heavy atom. The Hall–Kier alpha value is -2.90. The first-order chi connectivity index (χ1) is 13.6. The van der Waals surface area contributed by atoms with Crippen molar-refractivity contribution in [2.75, 3.05) is 32.1 Å². The zero-order valence-corrected chi connectivity index (χ0v) is 16.4. The number of benzene rings is 1. The van der Waals surface area contributed by atoms with Crippen molar-refractivity contribution >= 4 is 22.9 Å². The maximum absolute atomic E-state index is 12.7. The van der Waals surface area contributed by atoms with Crippen molar-refractivity contribution in [3.63, 3.8) is 0 Å². The number of rotatable bonds is 6. The number of para-hydroxylation sites is 2. The number of hydrogen-bond donors (Lipinski definition) is 0. The fourth-order valence-corrected chi connectivity index (χ4v) is 3.78. The molecule has 0 saturated carbocycles. The summed E-state index contributed by atoms with van der Waals surface area (Å²) >= 11 is 0. The molecule has 28 heavy (non-hydrogen) atoms. The summed E-state index contributed by atoms with van der Waals surface area (Å²) in [5, 5.41) is 3.89. The van der Waals surface area contributed by atoms with Crippen LogP contribution in [-0.4, -0.2) is 57.7 Å². The van der Waals surface area contributed by atoms with E-state index < -0.39 is 0 Å². The van der Waals surface area contributed by atoms with Crippen molar-refractivity contribution in [1.82, 2.24) is 24.6 Å². The fourth-order valence-electron chi connectivity index (χ4n) is 3.78. The molecule has 4 rings (SSSR count). The number of anilines is 1. The topological polar surface area (TPSA) is 80.3 Å². The third-order valence-corrected chi connectivity index (χ3v) is 5.26. The molecule has 0 N–H and O–H groups in total. The van der Waals surface area contributed by atoms with Gasteiger partial charge in [-0.3, -0.25) is 4.79 Å². The van der Waals surface area contributed by atoms with Crippen molar-refractivity contribution in [2.45, 2.75) is 32.2 Å². The third kappa shape index (κ3) is 4.00. The van der Waals surface area contributed by atoms with Crippen LogP contribution in [-0.2, 0) is 17.8 Å². The van der Waals surface area contributed by atoms with Gasteiger partial charge < -0.3 is 18.9 Å². The lowest BCUT2D eigenvalue weighted by molar-refractivity contribution is -0.133. The van der Waals surface area contributed by atoms with Gasteiger partial charge in [-0.05, 0) is 36.0 Å². The Kier molecular flexibility index (Phi) is 5.27. The monoisotopic (exact) mass is 382 g/mol. The van der Waals surface area contributed by atoms with Crippen LogP contribution in [0.2, 0.25) is 0 Å². The molecule has 1 atom stereocenters. The van der Waals surface area contributed by atoms with E-state index in [1.807, 2.05) is 43.5 Å². The number of likely N-dealkylation sites (tertiary alicyclic amines) is 1. The highest BCUT2D eigenvalue weighted by Crippen LogP contribution is 2.22. The highest BCUT2D eigenvalue weighted by Gasteiger charge is 2.24. The molecular formula is C20H26N6O2. The molecule has 0 radical (unpaired) electrons. The molecule has 0 bridgehead atoms. The number of carbonyl (C=O) groups excluding carboxylic acids is 1. The maximum Gasteiger partial charge on any atom is 0.265 e. The molecule has 3 aromatic rings. The van der Waals surface area contributed by atoms with Crippen molar-refractivity contribution in [3.8, 4) is 0 Å². The number of amides is 1. The highest BCUT2D eigenvalue weighted by atomic mass is 16.5. The second kappa shape index (κ2) is 8.00. The van der Waals surface area contributed by atoms with Gasteiger partial charge in [0.2, 0.25) is 11.8 Å². The van der Waals surface area contributed by atoms with Crippen molar-refractivity contribution in [1.29, 1.82) is 0 Å². The molecule has 3 heterocycles.